The number of rotatable bonds is 12. The summed E-state index contributed by atoms with van der Waals surface area (Å²) in [7, 11) is 0. The molecule has 0 radical (unpaired) electrons. The van der Waals surface area contributed by atoms with Gasteiger partial charge in [0.1, 0.15) is 0 Å². The molecular formula is C19H33NO. The van der Waals surface area contributed by atoms with Gasteiger partial charge in [-0.1, -0.05) is 69.9 Å². The fourth-order valence-corrected chi connectivity index (χ4v) is 2.59. The standard InChI is InChI=1S/C19H33NO/c1-4-6-7-8-12-16-21-17(3)19(20-15-5-2)18-13-10-9-11-14-18/h9-11,13-14,17,19-20H,4-8,12,15-16H2,1-3H3. The monoisotopic (exact) mass is 291 g/mol. The summed E-state index contributed by atoms with van der Waals surface area (Å²) >= 11 is 0. The Bertz CT molecular complexity index is 339. The second kappa shape index (κ2) is 11.8. The number of hydrogen-bond acceptors (Lipinski definition) is 2. The molecule has 1 aromatic carbocycles. The third-order valence-electron chi connectivity index (χ3n) is 3.87. The zero-order chi connectivity index (χ0) is 15.3. The van der Waals surface area contributed by atoms with Crippen LogP contribution >= 0.6 is 0 Å². The maximum absolute atomic E-state index is 6.07. The molecule has 0 spiro atoms. The molecule has 0 aliphatic heterocycles. The number of nitrogens with one attached hydrogen (secondary N) is 1. The largest absolute Gasteiger partial charge is 0.377 e. The Hall–Kier alpha value is -0.860. The Balaban J connectivity index is 2.39. The quantitative estimate of drug-likeness (QED) is 0.541. The SMILES string of the molecule is CCCCCCCOC(C)C(NCCC)c1ccccc1. The Morgan fingerprint density at radius 3 is 2.33 bits per heavy atom. The molecule has 0 aliphatic carbocycles. The molecule has 2 unspecified atom stereocenters. The lowest BCUT2D eigenvalue weighted by molar-refractivity contribution is 0.0361. The van der Waals surface area contributed by atoms with Gasteiger partial charge in [-0.05, 0) is 31.9 Å². The normalized spacial score (nSPS) is 14.0. The van der Waals surface area contributed by atoms with E-state index < -0.39 is 0 Å². The molecule has 0 fully saturated rings. The van der Waals surface area contributed by atoms with Crippen LogP contribution in [-0.4, -0.2) is 19.3 Å². The fourth-order valence-electron chi connectivity index (χ4n) is 2.59. The smallest absolute Gasteiger partial charge is 0.0741 e. The summed E-state index contributed by atoms with van der Waals surface area (Å²) in [5, 5.41) is 3.62. The summed E-state index contributed by atoms with van der Waals surface area (Å²) in [4.78, 5) is 0. The van der Waals surface area contributed by atoms with Gasteiger partial charge in [0.15, 0.2) is 0 Å². The summed E-state index contributed by atoms with van der Waals surface area (Å²) in [6.07, 6.45) is 7.81. The van der Waals surface area contributed by atoms with Crippen molar-refractivity contribution in [2.45, 2.75) is 71.4 Å². The average molecular weight is 291 g/mol. The predicted molar refractivity (Wildman–Crippen MR) is 91.6 cm³/mol. The lowest BCUT2D eigenvalue weighted by atomic mass is 10.0. The van der Waals surface area contributed by atoms with Crippen LogP contribution < -0.4 is 5.32 Å². The summed E-state index contributed by atoms with van der Waals surface area (Å²) in [5.41, 5.74) is 1.32. The molecule has 0 aliphatic rings. The molecule has 120 valence electrons. The fraction of sp³-hybridized carbons (Fsp3) is 0.684. The van der Waals surface area contributed by atoms with Crippen LogP contribution in [0.1, 0.15) is 70.9 Å². The number of unbranched alkanes of at least 4 members (excludes halogenated alkanes) is 4. The Kier molecular flexibility index (Phi) is 10.2. The van der Waals surface area contributed by atoms with E-state index >= 15 is 0 Å². The number of hydrogen-bond donors (Lipinski definition) is 1. The zero-order valence-corrected chi connectivity index (χ0v) is 14.1. The molecule has 0 bridgehead atoms. The summed E-state index contributed by atoms with van der Waals surface area (Å²) in [6, 6.07) is 10.9. The van der Waals surface area contributed by atoms with Crippen LogP contribution in [0.3, 0.4) is 0 Å². The van der Waals surface area contributed by atoms with Gasteiger partial charge in [-0.3, -0.25) is 0 Å². The van der Waals surface area contributed by atoms with E-state index in [1.54, 1.807) is 0 Å². The second-order valence-electron chi connectivity index (χ2n) is 5.83. The van der Waals surface area contributed by atoms with E-state index in [1.165, 1.54) is 37.7 Å². The van der Waals surface area contributed by atoms with E-state index in [2.05, 4.69) is 56.4 Å². The first-order valence-electron chi connectivity index (χ1n) is 8.69. The summed E-state index contributed by atoms with van der Waals surface area (Å²) in [5.74, 6) is 0. The molecule has 0 heterocycles. The van der Waals surface area contributed by atoms with Gasteiger partial charge < -0.3 is 10.1 Å². The summed E-state index contributed by atoms with van der Waals surface area (Å²) < 4.78 is 6.07. The number of benzene rings is 1. The molecule has 2 atom stereocenters. The molecular weight excluding hydrogens is 258 g/mol. The Morgan fingerprint density at radius 2 is 1.67 bits per heavy atom. The zero-order valence-electron chi connectivity index (χ0n) is 14.1. The van der Waals surface area contributed by atoms with Crippen molar-refractivity contribution in [1.29, 1.82) is 0 Å². The van der Waals surface area contributed by atoms with E-state index in [1.807, 2.05) is 0 Å². The molecule has 2 heteroatoms. The highest BCUT2D eigenvalue weighted by Gasteiger charge is 2.18. The van der Waals surface area contributed by atoms with E-state index in [-0.39, 0.29) is 6.10 Å². The predicted octanol–water partition coefficient (Wildman–Crippen LogP) is 5.10. The van der Waals surface area contributed by atoms with E-state index in [0.29, 0.717) is 6.04 Å². The van der Waals surface area contributed by atoms with Crippen molar-refractivity contribution < 1.29 is 4.74 Å². The van der Waals surface area contributed by atoms with E-state index in [4.69, 9.17) is 4.74 Å². The second-order valence-corrected chi connectivity index (χ2v) is 5.83. The highest BCUT2D eigenvalue weighted by molar-refractivity contribution is 5.19. The minimum absolute atomic E-state index is 0.213. The molecule has 1 N–H and O–H groups in total. The lowest BCUT2D eigenvalue weighted by Crippen LogP contribution is -2.32. The van der Waals surface area contributed by atoms with Crippen LogP contribution in [0.2, 0.25) is 0 Å². The molecule has 0 amide bonds. The first-order chi connectivity index (χ1) is 10.3. The Morgan fingerprint density at radius 1 is 0.952 bits per heavy atom. The van der Waals surface area contributed by atoms with Crippen molar-refractivity contribution in [2.75, 3.05) is 13.2 Å². The number of ether oxygens (including phenoxy) is 1. The minimum atomic E-state index is 0.213. The van der Waals surface area contributed by atoms with Gasteiger partial charge in [0.25, 0.3) is 0 Å². The van der Waals surface area contributed by atoms with Crippen molar-refractivity contribution in [3.63, 3.8) is 0 Å². The lowest BCUT2D eigenvalue weighted by Gasteiger charge is -2.26. The van der Waals surface area contributed by atoms with Gasteiger partial charge in [0, 0.05) is 6.61 Å². The van der Waals surface area contributed by atoms with Crippen molar-refractivity contribution in [3.8, 4) is 0 Å². The van der Waals surface area contributed by atoms with Crippen molar-refractivity contribution in [3.05, 3.63) is 35.9 Å². The minimum Gasteiger partial charge on any atom is -0.377 e. The van der Waals surface area contributed by atoms with Gasteiger partial charge >= 0.3 is 0 Å². The molecule has 1 aromatic rings. The van der Waals surface area contributed by atoms with Crippen molar-refractivity contribution in [1.82, 2.24) is 5.32 Å². The maximum atomic E-state index is 6.07. The van der Waals surface area contributed by atoms with Crippen LogP contribution in [0.15, 0.2) is 30.3 Å². The van der Waals surface area contributed by atoms with Crippen molar-refractivity contribution in [2.24, 2.45) is 0 Å². The maximum Gasteiger partial charge on any atom is 0.0741 e. The Labute approximate surface area is 131 Å². The first kappa shape index (κ1) is 18.2. The summed E-state index contributed by atoms with van der Waals surface area (Å²) in [6.45, 7) is 8.55. The van der Waals surface area contributed by atoms with Crippen LogP contribution in [0.5, 0.6) is 0 Å². The van der Waals surface area contributed by atoms with Crippen molar-refractivity contribution >= 4 is 0 Å². The molecule has 0 aromatic heterocycles. The first-order valence-corrected chi connectivity index (χ1v) is 8.69. The topological polar surface area (TPSA) is 21.3 Å². The van der Waals surface area contributed by atoms with Gasteiger partial charge in [0.2, 0.25) is 0 Å². The van der Waals surface area contributed by atoms with Gasteiger partial charge in [-0.25, -0.2) is 0 Å². The van der Waals surface area contributed by atoms with Crippen LogP contribution in [-0.2, 0) is 4.74 Å². The van der Waals surface area contributed by atoms with Gasteiger partial charge in [-0.15, -0.1) is 0 Å². The molecule has 21 heavy (non-hydrogen) atoms. The molecule has 1 rings (SSSR count). The van der Waals surface area contributed by atoms with Crippen LogP contribution in [0.4, 0.5) is 0 Å². The molecule has 2 nitrogen and oxygen atoms in total. The molecule has 0 saturated carbocycles. The van der Waals surface area contributed by atoms with Gasteiger partial charge in [-0.2, -0.15) is 0 Å². The third kappa shape index (κ3) is 7.63. The highest BCUT2D eigenvalue weighted by Crippen LogP contribution is 2.19. The molecule has 0 saturated heterocycles. The third-order valence-corrected chi connectivity index (χ3v) is 3.87. The van der Waals surface area contributed by atoms with Crippen LogP contribution in [0.25, 0.3) is 0 Å². The van der Waals surface area contributed by atoms with Crippen LogP contribution in [0, 0.1) is 0 Å². The average Bonchev–Trinajstić information content (AvgIpc) is 2.52. The van der Waals surface area contributed by atoms with E-state index in [0.717, 1.165) is 19.6 Å². The highest BCUT2D eigenvalue weighted by atomic mass is 16.5. The van der Waals surface area contributed by atoms with E-state index in [9.17, 15) is 0 Å². The van der Waals surface area contributed by atoms with Gasteiger partial charge in [0.05, 0.1) is 12.1 Å².